The fourth-order valence-electron chi connectivity index (χ4n) is 4.58. The molecule has 1 aliphatic rings. The summed E-state index contributed by atoms with van der Waals surface area (Å²) in [5.74, 6) is 0.667. The Kier molecular flexibility index (Phi) is 9.98. The fourth-order valence-corrected chi connectivity index (χ4v) is 4.58. The third-order valence-corrected chi connectivity index (χ3v) is 7.11. The molecule has 1 N–H and O–H groups in total. The van der Waals surface area contributed by atoms with Crippen molar-refractivity contribution in [2.45, 2.75) is 33.0 Å². The minimum atomic E-state index is -4.41. The van der Waals surface area contributed by atoms with Gasteiger partial charge < -0.3 is 19.9 Å². The number of hydrogen-bond acceptors (Lipinski definition) is 5. The molecule has 204 valence electrons. The van der Waals surface area contributed by atoms with E-state index in [0.717, 1.165) is 43.1 Å². The number of carbonyl (C=O) groups excluding carboxylic acids is 1. The molecule has 0 aliphatic carbocycles. The Bertz CT molecular complexity index is 1030. The van der Waals surface area contributed by atoms with E-state index in [-0.39, 0.29) is 17.5 Å². The highest BCUT2D eigenvalue weighted by Crippen LogP contribution is 2.32. The van der Waals surface area contributed by atoms with Gasteiger partial charge in [-0.2, -0.15) is 13.2 Å². The van der Waals surface area contributed by atoms with Gasteiger partial charge in [0.2, 0.25) is 0 Å². The van der Waals surface area contributed by atoms with Crippen LogP contribution in [0.15, 0.2) is 36.4 Å². The summed E-state index contributed by atoms with van der Waals surface area (Å²) in [6.45, 7) is 12.1. The predicted octanol–water partition coefficient (Wildman–Crippen LogP) is 4.37. The lowest BCUT2D eigenvalue weighted by Gasteiger charge is -2.39. The van der Waals surface area contributed by atoms with Crippen molar-refractivity contribution < 1.29 is 22.7 Å². The molecule has 1 heterocycles. The molecule has 0 radical (unpaired) electrons. The van der Waals surface area contributed by atoms with Crippen LogP contribution in [0.2, 0.25) is 0 Å². The Hall–Kier alpha value is -2.62. The number of amides is 1. The van der Waals surface area contributed by atoms with E-state index in [1.807, 2.05) is 6.07 Å². The Balaban J connectivity index is 1.53. The van der Waals surface area contributed by atoms with Gasteiger partial charge in [0.05, 0.1) is 5.56 Å². The number of benzene rings is 2. The maximum atomic E-state index is 12.8. The molecule has 3 rings (SSSR count). The average molecular weight is 521 g/mol. The highest BCUT2D eigenvalue weighted by atomic mass is 19.4. The van der Waals surface area contributed by atoms with E-state index in [2.05, 4.69) is 56.0 Å². The molecule has 2 aromatic rings. The van der Waals surface area contributed by atoms with Gasteiger partial charge in [-0.3, -0.25) is 9.69 Å². The Morgan fingerprint density at radius 2 is 1.65 bits per heavy atom. The standard InChI is InChI=1S/C28H39F3N4O2/c1-20-21(2)26(37-19-13-32-12-14-33(4)5)11-10-25(20)22(3)34-15-17-35(18-16-34)27(36)23-6-8-24(9-7-23)28(29,30)31/h6-11,22,32H,12-19H2,1-5H3. The van der Waals surface area contributed by atoms with Gasteiger partial charge in [-0.1, -0.05) is 6.07 Å². The molecule has 2 aromatic carbocycles. The van der Waals surface area contributed by atoms with Crippen LogP contribution in [0.1, 0.15) is 45.6 Å². The number of ether oxygens (including phenoxy) is 1. The molecule has 1 aliphatic heterocycles. The van der Waals surface area contributed by atoms with Crippen molar-refractivity contribution in [2.24, 2.45) is 0 Å². The van der Waals surface area contributed by atoms with Crippen molar-refractivity contribution in [3.63, 3.8) is 0 Å². The number of halogens is 3. The molecule has 1 fully saturated rings. The number of hydrogen-bond donors (Lipinski definition) is 1. The van der Waals surface area contributed by atoms with Gasteiger partial charge in [-0.25, -0.2) is 0 Å². The van der Waals surface area contributed by atoms with Crippen molar-refractivity contribution in [3.8, 4) is 5.75 Å². The third-order valence-electron chi connectivity index (χ3n) is 7.11. The zero-order chi connectivity index (χ0) is 27.2. The van der Waals surface area contributed by atoms with E-state index in [4.69, 9.17) is 4.74 Å². The van der Waals surface area contributed by atoms with Gasteiger partial charge in [0.25, 0.3) is 5.91 Å². The molecule has 37 heavy (non-hydrogen) atoms. The zero-order valence-electron chi connectivity index (χ0n) is 22.5. The number of alkyl halides is 3. The number of piperazine rings is 1. The number of likely N-dealkylation sites (N-methyl/N-ethyl adjacent to an activating group) is 1. The molecule has 0 aromatic heterocycles. The molecule has 1 saturated heterocycles. The zero-order valence-corrected chi connectivity index (χ0v) is 22.5. The maximum absolute atomic E-state index is 12.8. The summed E-state index contributed by atoms with van der Waals surface area (Å²) in [4.78, 5) is 19.0. The highest BCUT2D eigenvalue weighted by molar-refractivity contribution is 5.94. The van der Waals surface area contributed by atoms with E-state index in [1.54, 1.807) is 4.90 Å². The van der Waals surface area contributed by atoms with Gasteiger partial charge in [0.15, 0.2) is 0 Å². The number of nitrogens with one attached hydrogen (secondary N) is 1. The van der Waals surface area contributed by atoms with E-state index in [9.17, 15) is 18.0 Å². The van der Waals surface area contributed by atoms with E-state index < -0.39 is 11.7 Å². The van der Waals surface area contributed by atoms with Crippen LogP contribution in [0.4, 0.5) is 13.2 Å². The molecular weight excluding hydrogens is 481 g/mol. The minimum Gasteiger partial charge on any atom is -0.492 e. The van der Waals surface area contributed by atoms with Gasteiger partial charge in [0.1, 0.15) is 12.4 Å². The van der Waals surface area contributed by atoms with Crippen LogP contribution in [-0.4, -0.2) is 87.1 Å². The van der Waals surface area contributed by atoms with Gasteiger partial charge in [-0.15, -0.1) is 0 Å². The molecule has 1 amide bonds. The second kappa shape index (κ2) is 12.8. The number of rotatable bonds is 10. The largest absolute Gasteiger partial charge is 0.492 e. The van der Waals surface area contributed by atoms with Crippen LogP contribution >= 0.6 is 0 Å². The third kappa shape index (κ3) is 7.69. The van der Waals surface area contributed by atoms with Crippen LogP contribution in [0.3, 0.4) is 0 Å². The van der Waals surface area contributed by atoms with Crippen LogP contribution in [0.5, 0.6) is 5.75 Å². The first kappa shape index (κ1) is 28.9. The first-order valence-corrected chi connectivity index (χ1v) is 12.8. The first-order chi connectivity index (χ1) is 17.5. The summed E-state index contributed by atoms with van der Waals surface area (Å²) in [6.07, 6.45) is -4.41. The molecule has 1 unspecified atom stereocenters. The molecule has 1 atom stereocenters. The topological polar surface area (TPSA) is 48.1 Å². The maximum Gasteiger partial charge on any atom is 0.416 e. The normalized spacial score (nSPS) is 15.8. The monoisotopic (exact) mass is 520 g/mol. The highest BCUT2D eigenvalue weighted by Gasteiger charge is 2.31. The molecule has 0 bridgehead atoms. The summed E-state index contributed by atoms with van der Waals surface area (Å²) in [6, 6.07) is 8.78. The van der Waals surface area contributed by atoms with Crippen molar-refractivity contribution in [3.05, 3.63) is 64.2 Å². The van der Waals surface area contributed by atoms with E-state index >= 15 is 0 Å². The van der Waals surface area contributed by atoms with Crippen molar-refractivity contribution in [1.29, 1.82) is 0 Å². The summed E-state index contributed by atoms with van der Waals surface area (Å²) < 4.78 is 44.5. The Morgan fingerprint density at radius 1 is 1.00 bits per heavy atom. The van der Waals surface area contributed by atoms with Gasteiger partial charge >= 0.3 is 6.18 Å². The quantitative estimate of drug-likeness (QED) is 0.472. The first-order valence-electron chi connectivity index (χ1n) is 12.8. The van der Waals surface area contributed by atoms with Crippen LogP contribution < -0.4 is 10.1 Å². The number of carbonyl (C=O) groups is 1. The Labute approximate surface area is 218 Å². The summed E-state index contributed by atoms with van der Waals surface area (Å²) >= 11 is 0. The smallest absolute Gasteiger partial charge is 0.416 e. The van der Waals surface area contributed by atoms with Crippen LogP contribution in [0, 0.1) is 13.8 Å². The van der Waals surface area contributed by atoms with Crippen molar-refractivity contribution in [1.82, 2.24) is 20.0 Å². The molecule has 6 nitrogen and oxygen atoms in total. The Morgan fingerprint density at radius 3 is 2.24 bits per heavy atom. The lowest BCUT2D eigenvalue weighted by Crippen LogP contribution is -2.49. The summed E-state index contributed by atoms with van der Waals surface area (Å²) in [5.41, 5.74) is 3.10. The van der Waals surface area contributed by atoms with E-state index in [0.29, 0.717) is 32.8 Å². The second-order valence-electron chi connectivity index (χ2n) is 9.88. The van der Waals surface area contributed by atoms with Gasteiger partial charge in [-0.05, 0) is 81.9 Å². The van der Waals surface area contributed by atoms with Crippen molar-refractivity contribution >= 4 is 5.91 Å². The molecule has 9 heteroatoms. The van der Waals surface area contributed by atoms with Crippen LogP contribution in [-0.2, 0) is 6.18 Å². The number of nitrogens with zero attached hydrogens (tertiary/aromatic N) is 3. The summed E-state index contributed by atoms with van der Waals surface area (Å²) in [5, 5.41) is 3.38. The lowest BCUT2D eigenvalue weighted by molar-refractivity contribution is -0.137. The molecule has 0 spiro atoms. The van der Waals surface area contributed by atoms with Crippen LogP contribution in [0.25, 0.3) is 0 Å². The summed E-state index contributed by atoms with van der Waals surface area (Å²) in [7, 11) is 4.10. The minimum absolute atomic E-state index is 0.170. The second-order valence-corrected chi connectivity index (χ2v) is 9.88. The lowest BCUT2D eigenvalue weighted by atomic mass is 9.96. The molecular formula is C28H39F3N4O2. The SMILES string of the molecule is Cc1c(OCCNCCN(C)C)ccc(C(C)N2CCN(C(=O)c3ccc(C(F)(F)F)cc3)CC2)c1C. The predicted molar refractivity (Wildman–Crippen MR) is 140 cm³/mol. The fraction of sp³-hybridized carbons (Fsp3) is 0.536. The van der Waals surface area contributed by atoms with E-state index in [1.165, 1.54) is 23.3 Å². The van der Waals surface area contributed by atoms with Crippen molar-refractivity contribution in [2.75, 3.05) is 66.5 Å². The molecule has 0 saturated carbocycles. The van der Waals surface area contributed by atoms with Gasteiger partial charge in [0, 0.05) is 57.4 Å². The average Bonchev–Trinajstić information content (AvgIpc) is 2.87.